The monoisotopic (exact) mass is 250 g/mol. The molecule has 2 N–H and O–H groups in total. The summed E-state index contributed by atoms with van der Waals surface area (Å²) in [4.78, 5) is 0. The highest BCUT2D eigenvalue weighted by molar-refractivity contribution is 7.89. The van der Waals surface area contributed by atoms with Crippen LogP contribution in [0.3, 0.4) is 0 Å². The maximum Gasteiger partial charge on any atom is 0.215 e. The van der Waals surface area contributed by atoms with Crippen LogP contribution in [0, 0.1) is 5.92 Å². The van der Waals surface area contributed by atoms with Gasteiger partial charge in [-0.25, -0.2) is 12.7 Å². The van der Waals surface area contributed by atoms with Gasteiger partial charge in [0.15, 0.2) is 0 Å². The van der Waals surface area contributed by atoms with E-state index in [0.717, 1.165) is 12.8 Å². The van der Waals surface area contributed by atoms with Crippen molar-refractivity contribution in [3.05, 3.63) is 0 Å². The minimum absolute atomic E-state index is 0.0705. The van der Waals surface area contributed by atoms with Crippen molar-refractivity contribution in [1.82, 2.24) is 4.31 Å². The molecule has 0 heterocycles. The third kappa shape index (κ3) is 4.39. The molecule has 98 valence electrons. The fraction of sp³-hybridized carbons (Fsp3) is 1.00. The smallest absolute Gasteiger partial charge is 0.215 e. The molecule has 0 fully saturated rings. The molecule has 1 atom stereocenters. The van der Waals surface area contributed by atoms with Gasteiger partial charge in [-0.1, -0.05) is 40.5 Å². The minimum Gasteiger partial charge on any atom is -0.326 e. The zero-order valence-corrected chi connectivity index (χ0v) is 11.8. The van der Waals surface area contributed by atoms with E-state index in [0.29, 0.717) is 19.0 Å². The van der Waals surface area contributed by atoms with Crippen LogP contribution in [0.15, 0.2) is 0 Å². The lowest BCUT2D eigenvalue weighted by Gasteiger charge is -2.25. The van der Waals surface area contributed by atoms with Gasteiger partial charge in [-0.2, -0.15) is 0 Å². The van der Waals surface area contributed by atoms with Gasteiger partial charge in [-0.15, -0.1) is 0 Å². The van der Waals surface area contributed by atoms with Crippen molar-refractivity contribution in [2.75, 3.05) is 18.8 Å². The molecule has 0 aliphatic carbocycles. The molecule has 0 saturated carbocycles. The molecule has 1 unspecified atom stereocenters. The molecule has 4 nitrogen and oxygen atoms in total. The van der Waals surface area contributed by atoms with Crippen LogP contribution in [-0.4, -0.2) is 37.6 Å². The molecule has 0 saturated heterocycles. The highest BCUT2D eigenvalue weighted by atomic mass is 32.2. The van der Waals surface area contributed by atoms with E-state index in [1.807, 2.05) is 13.8 Å². The van der Waals surface area contributed by atoms with Gasteiger partial charge in [0.1, 0.15) is 0 Å². The fourth-order valence-electron chi connectivity index (χ4n) is 2.00. The van der Waals surface area contributed by atoms with Crippen molar-refractivity contribution in [1.29, 1.82) is 0 Å². The minimum atomic E-state index is -3.18. The molecule has 0 aliphatic rings. The van der Waals surface area contributed by atoms with Gasteiger partial charge in [0.05, 0.1) is 5.75 Å². The topological polar surface area (TPSA) is 63.4 Å². The number of hydrogen-bond acceptors (Lipinski definition) is 3. The molecule has 0 rings (SSSR count). The Balaban J connectivity index is 4.57. The van der Waals surface area contributed by atoms with Gasteiger partial charge in [0.2, 0.25) is 10.0 Å². The van der Waals surface area contributed by atoms with Crippen LogP contribution in [0.5, 0.6) is 0 Å². The molecular weight excluding hydrogens is 224 g/mol. The number of nitrogens with two attached hydrogens (primary N) is 1. The Bertz CT molecular complexity index is 270. The first kappa shape index (κ1) is 15.9. The Morgan fingerprint density at radius 1 is 1.06 bits per heavy atom. The van der Waals surface area contributed by atoms with E-state index in [4.69, 9.17) is 5.73 Å². The number of hydrogen-bond donors (Lipinski definition) is 1. The van der Waals surface area contributed by atoms with Crippen LogP contribution in [-0.2, 0) is 10.0 Å². The normalized spacial score (nSPS) is 14.7. The molecule has 0 amide bonds. The maximum atomic E-state index is 12.0. The van der Waals surface area contributed by atoms with E-state index >= 15 is 0 Å². The molecule has 0 aromatic heterocycles. The van der Waals surface area contributed by atoms with Gasteiger partial charge >= 0.3 is 0 Å². The molecule has 0 spiro atoms. The molecule has 0 aromatic rings. The lowest BCUT2D eigenvalue weighted by molar-refractivity contribution is 0.398. The summed E-state index contributed by atoms with van der Waals surface area (Å²) < 4.78 is 25.5. The van der Waals surface area contributed by atoms with Crippen LogP contribution in [0.1, 0.15) is 40.5 Å². The summed E-state index contributed by atoms with van der Waals surface area (Å²) in [6, 6.07) is -0.249. The zero-order valence-electron chi connectivity index (χ0n) is 10.9. The first-order valence-electron chi connectivity index (χ1n) is 6.16. The summed E-state index contributed by atoms with van der Waals surface area (Å²) in [5.41, 5.74) is 5.97. The van der Waals surface area contributed by atoms with Crippen LogP contribution in [0.4, 0.5) is 0 Å². The van der Waals surface area contributed by atoms with Crippen molar-refractivity contribution in [2.24, 2.45) is 11.7 Å². The lowest BCUT2D eigenvalue weighted by Crippen LogP contribution is -2.42. The van der Waals surface area contributed by atoms with Crippen molar-refractivity contribution < 1.29 is 8.42 Å². The first-order chi connectivity index (χ1) is 7.42. The van der Waals surface area contributed by atoms with Crippen LogP contribution in [0.2, 0.25) is 0 Å². The standard InChI is InChI=1S/C11H26N2O2S/c1-5-10(6-2)11(12)9-16(14,15)13(7-3)8-4/h10-11H,5-9,12H2,1-4H3. The van der Waals surface area contributed by atoms with Crippen LogP contribution < -0.4 is 5.73 Å². The predicted molar refractivity (Wildman–Crippen MR) is 68.8 cm³/mol. The lowest BCUT2D eigenvalue weighted by atomic mass is 9.96. The maximum absolute atomic E-state index is 12.0. The van der Waals surface area contributed by atoms with Gasteiger partial charge in [-0.05, 0) is 5.92 Å². The molecule has 5 heteroatoms. The third-order valence-electron chi connectivity index (χ3n) is 3.16. The Hall–Kier alpha value is -0.130. The van der Waals surface area contributed by atoms with Crippen molar-refractivity contribution in [3.63, 3.8) is 0 Å². The second-order valence-corrected chi connectivity index (χ2v) is 6.12. The van der Waals surface area contributed by atoms with E-state index in [9.17, 15) is 8.42 Å². The summed E-state index contributed by atoms with van der Waals surface area (Å²) >= 11 is 0. The average Bonchev–Trinajstić information content (AvgIpc) is 2.19. The molecule has 0 aliphatic heterocycles. The molecular formula is C11H26N2O2S. The molecule has 16 heavy (non-hydrogen) atoms. The second kappa shape index (κ2) is 7.25. The molecule has 0 radical (unpaired) electrons. The van der Waals surface area contributed by atoms with E-state index in [1.54, 1.807) is 0 Å². The van der Waals surface area contributed by atoms with E-state index in [2.05, 4.69) is 13.8 Å². The van der Waals surface area contributed by atoms with E-state index < -0.39 is 10.0 Å². The Labute approximate surface area is 100 Å². The number of sulfonamides is 1. The number of rotatable bonds is 8. The van der Waals surface area contributed by atoms with E-state index in [1.165, 1.54) is 4.31 Å². The fourth-order valence-corrected chi connectivity index (χ4v) is 3.75. The van der Waals surface area contributed by atoms with Crippen molar-refractivity contribution in [2.45, 2.75) is 46.6 Å². The van der Waals surface area contributed by atoms with Gasteiger partial charge < -0.3 is 5.73 Å². The first-order valence-corrected chi connectivity index (χ1v) is 7.77. The highest BCUT2D eigenvalue weighted by Gasteiger charge is 2.25. The highest BCUT2D eigenvalue weighted by Crippen LogP contribution is 2.14. The summed E-state index contributed by atoms with van der Waals surface area (Å²) in [6.07, 6.45) is 1.87. The Morgan fingerprint density at radius 2 is 1.50 bits per heavy atom. The Morgan fingerprint density at radius 3 is 1.81 bits per heavy atom. The quantitative estimate of drug-likeness (QED) is 0.708. The average molecular weight is 250 g/mol. The van der Waals surface area contributed by atoms with Gasteiger partial charge in [-0.3, -0.25) is 0 Å². The zero-order chi connectivity index (χ0) is 12.8. The van der Waals surface area contributed by atoms with E-state index in [-0.39, 0.29) is 11.8 Å². The van der Waals surface area contributed by atoms with Crippen LogP contribution in [0.25, 0.3) is 0 Å². The van der Waals surface area contributed by atoms with Crippen molar-refractivity contribution in [3.8, 4) is 0 Å². The molecule has 0 aromatic carbocycles. The predicted octanol–water partition coefficient (Wildman–Crippen LogP) is 1.42. The summed E-state index contributed by atoms with van der Waals surface area (Å²) in [6.45, 7) is 8.85. The number of nitrogens with zero attached hydrogens (tertiary/aromatic N) is 1. The van der Waals surface area contributed by atoms with Gasteiger partial charge in [0.25, 0.3) is 0 Å². The van der Waals surface area contributed by atoms with Gasteiger partial charge in [0, 0.05) is 19.1 Å². The summed E-state index contributed by atoms with van der Waals surface area (Å²) in [5, 5.41) is 0. The SMILES string of the molecule is CCC(CC)C(N)CS(=O)(=O)N(CC)CC. The summed E-state index contributed by atoms with van der Waals surface area (Å²) in [7, 11) is -3.18. The van der Waals surface area contributed by atoms with Crippen LogP contribution >= 0.6 is 0 Å². The second-order valence-electron chi connectivity index (χ2n) is 4.10. The molecule has 0 bridgehead atoms. The Kier molecular flexibility index (Phi) is 7.19. The third-order valence-corrected chi connectivity index (χ3v) is 5.27. The summed E-state index contributed by atoms with van der Waals surface area (Å²) in [5.74, 6) is 0.367. The largest absolute Gasteiger partial charge is 0.326 e. The van der Waals surface area contributed by atoms with Crippen molar-refractivity contribution >= 4 is 10.0 Å².